The van der Waals surface area contributed by atoms with Gasteiger partial charge in [0.05, 0.1) is 23.6 Å². The second-order valence-electron chi connectivity index (χ2n) is 2.89. The summed E-state index contributed by atoms with van der Waals surface area (Å²) in [6.45, 7) is 2.79. The predicted octanol–water partition coefficient (Wildman–Crippen LogP) is 1.15. The summed E-state index contributed by atoms with van der Waals surface area (Å²) < 4.78 is 1.91. The average molecular weight is 191 g/mol. The van der Waals surface area contributed by atoms with Crippen LogP contribution in [-0.2, 0) is 6.54 Å². The molecule has 0 fully saturated rings. The molecular formula is C9H9N3O2. The number of hydrogen-bond donors (Lipinski definition) is 1. The van der Waals surface area contributed by atoms with Gasteiger partial charge in [-0.15, -0.1) is 0 Å². The van der Waals surface area contributed by atoms with Gasteiger partial charge in [-0.2, -0.15) is 0 Å². The first-order valence-electron chi connectivity index (χ1n) is 4.26. The van der Waals surface area contributed by atoms with Crippen LogP contribution in [0.15, 0.2) is 18.6 Å². The van der Waals surface area contributed by atoms with Crippen LogP contribution in [0.25, 0.3) is 11.0 Å². The molecule has 0 unspecified atom stereocenters. The molecule has 0 aliphatic rings. The summed E-state index contributed by atoms with van der Waals surface area (Å²) in [6.07, 6.45) is 3.22. The third-order valence-electron chi connectivity index (χ3n) is 2.07. The van der Waals surface area contributed by atoms with Crippen molar-refractivity contribution in [2.24, 2.45) is 0 Å². The lowest BCUT2D eigenvalue weighted by molar-refractivity contribution is 0.0690. The number of carboxylic acid groups (broad SMARTS) is 1. The largest absolute Gasteiger partial charge is 0.477 e. The zero-order valence-electron chi connectivity index (χ0n) is 7.64. The van der Waals surface area contributed by atoms with Crippen molar-refractivity contribution in [3.63, 3.8) is 0 Å². The van der Waals surface area contributed by atoms with Gasteiger partial charge < -0.3 is 9.67 Å². The summed E-state index contributed by atoms with van der Waals surface area (Å²) in [4.78, 5) is 18.5. The Balaban J connectivity index is 2.63. The third-order valence-corrected chi connectivity index (χ3v) is 2.07. The van der Waals surface area contributed by atoms with Crippen molar-refractivity contribution in [2.45, 2.75) is 13.5 Å². The number of aryl methyl sites for hydroxylation is 1. The van der Waals surface area contributed by atoms with E-state index in [1.54, 1.807) is 6.33 Å². The molecule has 0 atom stereocenters. The first kappa shape index (κ1) is 8.68. The Morgan fingerprint density at radius 3 is 3.00 bits per heavy atom. The van der Waals surface area contributed by atoms with Crippen molar-refractivity contribution in [3.05, 3.63) is 24.3 Å². The van der Waals surface area contributed by atoms with Crippen molar-refractivity contribution in [1.29, 1.82) is 0 Å². The fourth-order valence-corrected chi connectivity index (χ4v) is 1.33. The molecule has 0 amide bonds. The molecule has 5 heteroatoms. The van der Waals surface area contributed by atoms with E-state index < -0.39 is 5.97 Å². The highest BCUT2D eigenvalue weighted by Crippen LogP contribution is 2.12. The Morgan fingerprint density at radius 2 is 2.36 bits per heavy atom. The van der Waals surface area contributed by atoms with Gasteiger partial charge in [-0.3, -0.25) is 0 Å². The maximum absolute atomic E-state index is 10.6. The van der Waals surface area contributed by atoms with Crippen molar-refractivity contribution in [1.82, 2.24) is 14.5 Å². The Kier molecular flexibility index (Phi) is 1.92. The molecule has 14 heavy (non-hydrogen) atoms. The molecule has 0 saturated heterocycles. The number of aromatic nitrogens is 3. The second-order valence-corrected chi connectivity index (χ2v) is 2.89. The normalized spacial score (nSPS) is 10.6. The van der Waals surface area contributed by atoms with Gasteiger partial charge in [0.25, 0.3) is 0 Å². The SMILES string of the molecule is CCn1cnc2cc(C(=O)O)ncc21. The summed E-state index contributed by atoms with van der Waals surface area (Å²) in [5.74, 6) is -1.03. The molecule has 2 heterocycles. The van der Waals surface area contributed by atoms with E-state index in [-0.39, 0.29) is 5.69 Å². The van der Waals surface area contributed by atoms with Crippen LogP contribution in [0.2, 0.25) is 0 Å². The zero-order valence-corrected chi connectivity index (χ0v) is 7.64. The van der Waals surface area contributed by atoms with Gasteiger partial charge >= 0.3 is 5.97 Å². The highest BCUT2D eigenvalue weighted by Gasteiger charge is 2.07. The van der Waals surface area contributed by atoms with Crippen molar-refractivity contribution >= 4 is 17.0 Å². The Bertz CT molecular complexity index is 490. The van der Waals surface area contributed by atoms with Gasteiger partial charge in [0, 0.05) is 6.54 Å². The topological polar surface area (TPSA) is 68.0 Å². The lowest BCUT2D eigenvalue weighted by Crippen LogP contribution is -2.00. The van der Waals surface area contributed by atoms with Crippen molar-refractivity contribution in [3.8, 4) is 0 Å². The van der Waals surface area contributed by atoms with Gasteiger partial charge in [0.1, 0.15) is 5.69 Å². The number of imidazole rings is 1. The summed E-state index contributed by atoms with van der Waals surface area (Å²) >= 11 is 0. The number of pyridine rings is 1. The average Bonchev–Trinajstić information content (AvgIpc) is 2.59. The van der Waals surface area contributed by atoms with E-state index in [0.717, 1.165) is 12.1 Å². The monoisotopic (exact) mass is 191 g/mol. The molecular weight excluding hydrogens is 182 g/mol. The molecule has 1 N–H and O–H groups in total. The highest BCUT2D eigenvalue weighted by atomic mass is 16.4. The predicted molar refractivity (Wildman–Crippen MR) is 50.2 cm³/mol. The molecule has 0 aromatic carbocycles. The van der Waals surface area contributed by atoms with Crippen LogP contribution < -0.4 is 0 Å². The molecule has 72 valence electrons. The minimum absolute atomic E-state index is 0.0267. The lowest BCUT2D eigenvalue weighted by Gasteiger charge is -1.98. The minimum atomic E-state index is -1.03. The van der Waals surface area contributed by atoms with Gasteiger partial charge in [0.2, 0.25) is 0 Å². The van der Waals surface area contributed by atoms with E-state index in [0.29, 0.717) is 5.52 Å². The minimum Gasteiger partial charge on any atom is -0.477 e. The summed E-state index contributed by atoms with van der Waals surface area (Å²) in [7, 11) is 0. The number of carbonyl (C=O) groups is 1. The Labute approximate surface area is 80.0 Å². The quantitative estimate of drug-likeness (QED) is 0.773. The van der Waals surface area contributed by atoms with Crippen LogP contribution in [0.3, 0.4) is 0 Å². The van der Waals surface area contributed by atoms with Gasteiger partial charge in [-0.1, -0.05) is 0 Å². The van der Waals surface area contributed by atoms with Crippen molar-refractivity contribution in [2.75, 3.05) is 0 Å². The number of hydrogen-bond acceptors (Lipinski definition) is 3. The number of aromatic carboxylic acids is 1. The molecule has 0 aliphatic heterocycles. The molecule has 2 aromatic rings. The van der Waals surface area contributed by atoms with Crippen LogP contribution in [0.4, 0.5) is 0 Å². The van der Waals surface area contributed by atoms with Crippen LogP contribution in [0.1, 0.15) is 17.4 Å². The number of fused-ring (bicyclic) bond motifs is 1. The molecule has 2 rings (SSSR count). The van der Waals surface area contributed by atoms with E-state index in [2.05, 4.69) is 9.97 Å². The summed E-state index contributed by atoms with van der Waals surface area (Å²) in [5, 5.41) is 8.71. The van der Waals surface area contributed by atoms with Crippen LogP contribution >= 0.6 is 0 Å². The van der Waals surface area contributed by atoms with Crippen LogP contribution in [0, 0.1) is 0 Å². The number of carboxylic acids is 1. The first-order valence-corrected chi connectivity index (χ1v) is 4.26. The number of rotatable bonds is 2. The number of nitrogens with zero attached hydrogens (tertiary/aromatic N) is 3. The fourth-order valence-electron chi connectivity index (χ4n) is 1.33. The molecule has 2 aromatic heterocycles. The highest BCUT2D eigenvalue weighted by molar-refractivity contribution is 5.89. The zero-order chi connectivity index (χ0) is 10.1. The van der Waals surface area contributed by atoms with E-state index in [1.807, 2.05) is 11.5 Å². The van der Waals surface area contributed by atoms with Gasteiger partial charge in [-0.05, 0) is 13.0 Å². The maximum Gasteiger partial charge on any atom is 0.354 e. The van der Waals surface area contributed by atoms with Crippen LogP contribution in [0.5, 0.6) is 0 Å². The first-order chi connectivity index (χ1) is 6.72. The van der Waals surface area contributed by atoms with E-state index in [4.69, 9.17) is 5.11 Å². The van der Waals surface area contributed by atoms with Gasteiger partial charge in [0.15, 0.2) is 0 Å². The molecule has 0 bridgehead atoms. The molecule has 0 spiro atoms. The molecule has 0 radical (unpaired) electrons. The van der Waals surface area contributed by atoms with Crippen LogP contribution in [-0.4, -0.2) is 25.6 Å². The fraction of sp³-hybridized carbons (Fsp3) is 0.222. The second kappa shape index (κ2) is 3.10. The Morgan fingerprint density at radius 1 is 1.57 bits per heavy atom. The molecule has 5 nitrogen and oxygen atoms in total. The lowest BCUT2D eigenvalue weighted by atomic mass is 10.3. The van der Waals surface area contributed by atoms with E-state index in [1.165, 1.54) is 12.3 Å². The smallest absolute Gasteiger partial charge is 0.354 e. The molecule has 0 saturated carbocycles. The third kappa shape index (κ3) is 1.22. The van der Waals surface area contributed by atoms with E-state index >= 15 is 0 Å². The standard InChI is InChI=1S/C9H9N3O2/c1-2-12-5-11-6-3-7(9(13)14)10-4-8(6)12/h3-5H,2H2,1H3,(H,13,14). The van der Waals surface area contributed by atoms with E-state index in [9.17, 15) is 4.79 Å². The van der Waals surface area contributed by atoms with Gasteiger partial charge in [-0.25, -0.2) is 14.8 Å². The van der Waals surface area contributed by atoms with Crippen molar-refractivity contribution < 1.29 is 9.90 Å². The summed E-state index contributed by atoms with van der Waals surface area (Å²) in [6, 6.07) is 1.48. The Hall–Kier alpha value is -1.91. The molecule has 0 aliphatic carbocycles. The maximum atomic E-state index is 10.6. The summed E-state index contributed by atoms with van der Waals surface area (Å²) in [5.41, 5.74) is 1.55.